The fourth-order valence-electron chi connectivity index (χ4n) is 1.64. The summed E-state index contributed by atoms with van der Waals surface area (Å²) in [4.78, 5) is 34.8. The van der Waals surface area contributed by atoms with Gasteiger partial charge < -0.3 is 25.8 Å². The summed E-state index contributed by atoms with van der Waals surface area (Å²) >= 11 is 0. The molecule has 4 N–H and O–H groups in total. The predicted octanol–water partition coefficient (Wildman–Crippen LogP) is -1.25. The van der Waals surface area contributed by atoms with E-state index < -0.39 is 30.4 Å². The Kier molecular flexibility index (Phi) is 4.90. The first-order valence-corrected chi connectivity index (χ1v) is 5.58. The number of aliphatic carboxylic acids is 1. The normalized spacial score (nSPS) is 21.2. The Morgan fingerprint density at radius 1 is 1.56 bits per heavy atom. The SMILES string of the molecule is CC1CN(C(=O)NC(CC(N)=O)C(=O)O)CCO1. The Bertz CT molecular complexity index is 346. The minimum absolute atomic E-state index is 0.0936. The Morgan fingerprint density at radius 2 is 2.22 bits per heavy atom. The van der Waals surface area contributed by atoms with Crippen LogP contribution in [0.1, 0.15) is 13.3 Å². The second-order valence-electron chi connectivity index (χ2n) is 4.14. The van der Waals surface area contributed by atoms with Crippen molar-refractivity contribution in [2.75, 3.05) is 19.7 Å². The number of carboxylic acid groups (broad SMARTS) is 1. The van der Waals surface area contributed by atoms with Crippen LogP contribution in [0.25, 0.3) is 0 Å². The van der Waals surface area contributed by atoms with Gasteiger partial charge in [-0.15, -0.1) is 0 Å². The molecule has 3 amide bonds. The van der Waals surface area contributed by atoms with E-state index in [-0.39, 0.29) is 6.10 Å². The molecule has 1 aliphatic heterocycles. The van der Waals surface area contributed by atoms with Crippen LogP contribution in [0.2, 0.25) is 0 Å². The molecule has 0 bridgehead atoms. The number of carboxylic acids is 1. The molecule has 102 valence electrons. The average Bonchev–Trinajstić information content (AvgIpc) is 2.27. The summed E-state index contributed by atoms with van der Waals surface area (Å²) < 4.78 is 5.26. The smallest absolute Gasteiger partial charge is 0.326 e. The second kappa shape index (κ2) is 6.20. The van der Waals surface area contributed by atoms with Gasteiger partial charge in [0, 0.05) is 13.1 Å². The number of nitrogens with one attached hydrogen (secondary N) is 1. The molecule has 2 unspecified atom stereocenters. The lowest BCUT2D eigenvalue weighted by Crippen LogP contribution is -2.53. The third kappa shape index (κ3) is 4.21. The summed E-state index contributed by atoms with van der Waals surface area (Å²) in [5.41, 5.74) is 4.92. The number of urea groups is 1. The summed E-state index contributed by atoms with van der Waals surface area (Å²) in [5.74, 6) is -2.07. The molecule has 0 aromatic carbocycles. The standard InChI is InChI=1S/C10H17N3O5/c1-6-5-13(2-3-18-6)10(17)12-7(9(15)16)4-8(11)14/h6-7H,2-5H2,1H3,(H2,11,14)(H,12,17)(H,15,16). The van der Waals surface area contributed by atoms with Gasteiger partial charge in [0.25, 0.3) is 0 Å². The van der Waals surface area contributed by atoms with Crippen molar-refractivity contribution < 1.29 is 24.2 Å². The topological polar surface area (TPSA) is 122 Å². The van der Waals surface area contributed by atoms with Crippen LogP contribution in [0.3, 0.4) is 0 Å². The molecule has 0 radical (unpaired) electrons. The van der Waals surface area contributed by atoms with E-state index >= 15 is 0 Å². The average molecular weight is 259 g/mol. The molecule has 8 nitrogen and oxygen atoms in total. The van der Waals surface area contributed by atoms with Gasteiger partial charge in [-0.2, -0.15) is 0 Å². The molecule has 0 aliphatic carbocycles. The Balaban J connectivity index is 2.54. The predicted molar refractivity (Wildman–Crippen MR) is 60.8 cm³/mol. The van der Waals surface area contributed by atoms with E-state index in [1.807, 2.05) is 6.92 Å². The summed E-state index contributed by atoms with van der Waals surface area (Å²) in [6, 6.07) is -1.83. The maximum atomic E-state index is 11.8. The van der Waals surface area contributed by atoms with Crippen LogP contribution in [0.4, 0.5) is 4.79 Å². The van der Waals surface area contributed by atoms with Crippen LogP contribution in [-0.2, 0) is 14.3 Å². The number of rotatable bonds is 4. The summed E-state index contributed by atoms with van der Waals surface area (Å²) in [7, 11) is 0. The molecule has 8 heteroatoms. The fraction of sp³-hybridized carbons (Fsp3) is 0.700. The fourth-order valence-corrected chi connectivity index (χ4v) is 1.64. The molecule has 2 atom stereocenters. The lowest BCUT2D eigenvalue weighted by Gasteiger charge is -2.31. The van der Waals surface area contributed by atoms with Crippen molar-refractivity contribution in [1.82, 2.24) is 10.2 Å². The molecule has 1 aliphatic rings. The number of morpholine rings is 1. The number of nitrogens with two attached hydrogens (primary N) is 1. The zero-order chi connectivity index (χ0) is 13.7. The van der Waals surface area contributed by atoms with Gasteiger partial charge in [-0.25, -0.2) is 9.59 Å². The number of primary amides is 1. The van der Waals surface area contributed by atoms with Gasteiger partial charge in [-0.3, -0.25) is 4.79 Å². The Labute approximate surface area is 104 Å². The molecule has 0 saturated carbocycles. The van der Waals surface area contributed by atoms with E-state index in [1.165, 1.54) is 4.90 Å². The monoisotopic (exact) mass is 259 g/mol. The van der Waals surface area contributed by atoms with Gasteiger partial charge in [0.15, 0.2) is 0 Å². The molecule has 1 rings (SSSR count). The first-order chi connectivity index (χ1) is 8.40. The van der Waals surface area contributed by atoms with Gasteiger partial charge in [-0.05, 0) is 6.92 Å². The van der Waals surface area contributed by atoms with Crippen molar-refractivity contribution in [3.05, 3.63) is 0 Å². The van der Waals surface area contributed by atoms with E-state index in [4.69, 9.17) is 15.6 Å². The van der Waals surface area contributed by atoms with Crippen LogP contribution in [0, 0.1) is 0 Å². The number of carbonyl (C=O) groups excluding carboxylic acids is 2. The van der Waals surface area contributed by atoms with Gasteiger partial charge in [0.05, 0.1) is 19.1 Å². The molecule has 0 spiro atoms. The van der Waals surface area contributed by atoms with Crippen molar-refractivity contribution in [3.63, 3.8) is 0 Å². The molecular formula is C10H17N3O5. The summed E-state index contributed by atoms with van der Waals surface area (Å²) in [6.45, 7) is 2.99. The molecule has 0 aromatic heterocycles. The number of ether oxygens (including phenoxy) is 1. The lowest BCUT2D eigenvalue weighted by atomic mass is 10.2. The zero-order valence-corrected chi connectivity index (χ0v) is 10.1. The van der Waals surface area contributed by atoms with Crippen molar-refractivity contribution in [2.24, 2.45) is 5.73 Å². The zero-order valence-electron chi connectivity index (χ0n) is 10.1. The van der Waals surface area contributed by atoms with E-state index in [1.54, 1.807) is 0 Å². The van der Waals surface area contributed by atoms with Crippen molar-refractivity contribution in [3.8, 4) is 0 Å². The lowest BCUT2D eigenvalue weighted by molar-refractivity contribution is -0.141. The third-order valence-electron chi connectivity index (χ3n) is 2.53. The molecule has 1 saturated heterocycles. The molecule has 1 fully saturated rings. The van der Waals surface area contributed by atoms with Gasteiger partial charge in [-0.1, -0.05) is 0 Å². The number of hydrogen-bond donors (Lipinski definition) is 3. The first-order valence-electron chi connectivity index (χ1n) is 5.58. The van der Waals surface area contributed by atoms with Crippen LogP contribution in [0.5, 0.6) is 0 Å². The highest BCUT2D eigenvalue weighted by Gasteiger charge is 2.27. The highest BCUT2D eigenvalue weighted by atomic mass is 16.5. The maximum absolute atomic E-state index is 11.8. The quantitative estimate of drug-likeness (QED) is 0.582. The Morgan fingerprint density at radius 3 is 2.72 bits per heavy atom. The van der Waals surface area contributed by atoms with Crippen LogP contribution in [-0.4, -0.2) is 59.8 Å². The van der Waals surface area contributed by atoms with E-state index in [0.717, 1.165) is 0 Å². The number of hydrogen-bond acceptors (Lipinski definition) is 4. The molecular weight excluding hydrogens is 242 g/mol. The van der Waals surface area contributed by atoms with Crippen molar-refractivity contribution in [1.29, 1.82) is 0 Å². The van der Waals surface area contributed by atoms with Crippen LogP contribution >= 0.6 is 0 Å². The highest BCUT2D eigenvalue weighted by molar-refractivity contribution is 5.87. The maximum Gasteiger partial charge on any atom is 0.326 e. The van der Waals surface area contributed by atoms with E-state index in [9.17, 15) is 14.4 Å². The molecule has 18 heavy (non-hydrogen) atoms. The highest BCUT2D eigenvalue weighted by Crippen LogP contribution is 2.05. The largest absolute Gasteiger partial charge is 0.480 e. The number of amides is 3. The van der Waals surface area contributed by atoms with Crippen molar-refractivity contribution in [2.45, 2.75) is 25.5 Å². The molecule has 0 aromatic rings. The second-order valence-corrected chi connectivity index (χ2v) is 4.14. The van der Waals surface area contributed by atoms with E-state index in [2.05, 4.69) is 5.32 Å². The molecule has 1 heterocycles. The van der Waals surface area contributed by atoms with Crippen LogP contribution in [0.15, 0.2) is 0 Å². The number of nitrogens with zero attached hydrogens (tertiary/aromatic N) is 1. The van der Waals surface area contributed by atoms with Gasteiger partial charge >= 0.3 is 12.0 Å². The Hall–Kier alpha value is -1.83. The minimum atomic E-state index is -1.30. The summed E-state index contributed by atoms with van der Waals surface area (Å²) in [6.07, 6.45) is -0.523. The van der Waals surface area contributed by atoms with Crippen LogP contribution < -0.4 is 11.1 Å². The van der Waals surface area contributed by atoms with Gasteiger partial charge in [0.1, 0.15) is 6.04 Å². The van der Waals surface area contributed by atoms with E-state index in [0.29, 0.717) is 19.7 Å². The first kappa shape index (κ1) is 14.2. The number of carbonyl (C=O) groups is 3. The summed E-state index contributed by atoms with van der Waals surface area (Å²) in [5, 5.41) is 11.1. The minimum Gasteiger partial charge on any atom is -0.480 e. The van der Waals surface area contributed by atoms with Gasteiger partial charge in [0.2, 0.25) is 5.91 Å². The van der Waals surface area contributed by atoms with Crippen molar-refractivity contribution >= 4 is 17.9 Å². The third-order valence-corrected chi connectivity index (χ3v) is 2.53.